The zero-order valence-electron chi connectivity index (χ0n) is 16.2. The van der Waals surface area contributed by atoms with E-state index in [0.29, 0.717) is 37.0 Å². The van der Waals surface area contributed by atoms with Gasteiger partial charge in [-0.1, -0.05) is 5.16 Å². The molecule has 0 atom stereocenters. The van der Waals surface area contributed by atoms with Gasteiger partial charge in [-0.3, -0.25) is 9.48 Å². The van der Waals surface area contributed by atoms with Crippen molar-refractivity contribution in [2.75, 3.05) is 20.2 Å². The maximum Gasteiger partial charge on any atom is 0.278 e. The highest BCUT2D eigenvalue weighted by Gasteiger charge is 2.29. The fourth-order valence-corrected chi connectivity index (χ4v) is 4.04. The van der Waals surface area contributed by atoms with Crippen LogP contribution in [-0.4, -0.2) is 55.9 Å². The van der Waals surface area contributed by atoms with Crippen molar-refractivity contribution in [1.29, 1.82) is 0 Å². The van der Waals surface area contributed by atoms with Crippen molar-refractivity contribution in [1.82, 2.24) is 29.8 Å². The summed E-state index contributed by atoms with van der Waals surface area (Å²) in [4.78, 5) is 22.5. The molecule has 1 aliphatic heterocycles. The molecule has 10 heteroatoms. The molecule has 29 heavy (non-hydrogen) atoms. The van der Waals surface area contributed by atoms with Gasteiger partial charge in [0.1, 0.15) is 5.69 Å². The smallest absolute Gasteiger partial charge is 0.278 e. The number of nitrogens with zero attached hydrogens (tertiary/aromatic N) is 6. The Hall–Kier alpha value is -2.59. The van der Waals surface area contributed by atoms with Crippen LogP contribution < -0.4 is 0 Å². The summed E-state index contributed by atoms with van der Waals surface area (Å²) in [5, 5.41) is 10.6. The van der Waals surface area contributed by atoms with Crippen molar-refractivity contribution in [3.8, 4) is 11.6 Å². The van der Waals surface area contributed by atoms with Crippen LogP contribution in [-0.2, 0) is 30.7 Å². The average Bonchev–Trinajstić information content (AvgIpc) is 3.15. The molecule has 1 fully saturated rings. The quantitative estimate of drug-likeness (QED) is 0.584. The van der Waals surface area contributed by atoms with Crippen molar-refractivity contribution in [3.63, 3.8) is 0 Å². The Morgan fingerprint density at radius 2 is 2.31 bits per heavy atom. The Kier molecular flexibility index (Phi) is 4.88. The van der Waals surface area contributed by atoms with Crippen molar-refractivity contribution in [2.24, 2.45) is 5.92 Å². The van der Waals surface area contributed by atoms with Crippen molar-refractivity contribution < 1.29 is 14.1 Å². The molecule has 1 amide bonds. The fourth-order valence-electron chi connectivity index (χ4n) is 3.51. The van der Waals surface area contributed by atoms with Gasteiger partial charge in [0.25, 0.3) is 11.8 Å². The molecule has 2 aliphatic rings. The lowest BCUT2D eigenvalue weighted by Crippen LogP contribution is -2.29. The van der Waals surface area contributed by atoms with Crippen LogP contribution in [0.15, 0.2) is 15.4 Å². The molecule has 1 aliphatic carbocycles. The van der Waals surface area contributed by atoms with E-state index in [1.54, 1.807) is 22.8 Å². The van der Waals surface area contributed by atoms with Crippen LogP contribution in [0.3, 0.4) is 0 Å². The van der Waals surface area contributed by atoms with Crippen LogP contribution in [0.1, 0.15) is 40.4 Å². The molecule has 9 nitrogen and oxygen atoms in total. The molecule has 0 aromatic carbocycles. The number of carbonyl (C=O) groups is 1. The number of hydrogen-bond donors (Lipinski definition) is 0. The molecule has 0 unspecified atom stereocenters. The Morgan fingerprint density at radius 1 is 1.41 bits per heavy atom. The van der Waals surface area contributed by atoms with E-state index in [1.807, 2.05) is 0 Å². The summed E-state index contributed by atoms with van der Waals surface area (Å²) < 4.78 is 13.3. The Labute approximate surface area is 171 Å². The molecule has 0 bridgehead atoms. The third-order valence-corrected chi connectivity index (χ3v) is 5.95. The molecule has 0 spiro atoms. The lowest BCUT2D eigenvalue weighted by Gasteiger charge is -2.14. The third kappa shape index (κ3) is 3.82. The second-order valence-electron chi connectivity index (χ2n) is 7.57. The van der Waals surface area contributed by atoms with E-state index in [4.69, 9.17) is 14.4 Å². The second-order valence-corrected chi connectivity index (χ2v) is 8.29. The second kappa shape index (κ2) is 7.68. The van der Waals surface area contributed by atoms with Crippen LogP contribution in [0.2, 0.25) is 0 Å². The first kappa shape index (κ1) is 18.4. The normalized spacial score (nSPS) is 16.0. The zero-order chi connectivity index (χ0) is 19.8. The highest BCUT2D eigenvalue weighted by atomic mass is 32.1. The molecule has 5 rings (SSSR count). The summed E-state index contributed by atoms with van der Waals surface area (Å²) >= 11 is 1.40. The standard InChI is InChI=1S/C19H22N6O3S/c1-24(19(26)14-10-29-11-20-14)6-4-16-21-18(28-23-16)17-13-9-27-7-5-15(13)25(22-17)8-12-2-3-12/h10-12H,2-9H2,1H3. The molecular formula is C19H22N6O3S. The predicted molar refractivity (Wildman–Crippen MR) is 104 cm³/mol. The van der Waals surface area contributed by atoms with Gasteiger partial charge in [0.15, 0.2) is 11.5 Å². The van der Waals surface area contributed by atoms with E-state index in [1.165, 1.54) is 29.9 Å². The first-order chi connectivity index (χ1) is 14.2. The largest absolute Gasteiger partial charge is 0.376 e. The van der Waals surface area contributed by atoms with Crippen LogP contribution in [0.25, 0.3) is 11.6 Å². The van der Waals surface area contributed by atoms with Gasteiger partial charge >= 0.3 is 0 Å². The number of carbonyl (C=O) groups excluding carboxylic acids is 1. The molecule has 3 aromatic heterocycles. The Bertz CT molecular complexity index is 1010. The fraction of sp³-hybridized carbons (Fsp3) is 0.526. The number of likely N-dealkylation sites (N-methyl/N-ethyl adjacent to an activating group) is 1. The van der Waals surface area contributed by atoms with Crippen LogP contribution >= 0.6 is 11.3 Å². The van der Waals surface area contributed by atoms with Crippen molar-refractivity contribution in [3.05, 3.63) is 33.7 Å². The number of rotatable bonds is 7. The first-order valence-corrected chi connectivity index (χ1v) is 10.8. The molecule has 1 saturated carbocycles. The van der Waals surface area contributed by atoms with Crippen LogP contribution in [0.5, 0.6) is 0 Å². The van der Waals surface area contributed by atoms with E-state index in [2.05, 4.69) is 19.8 Å². The van der Waals surface area contributed by atoms with Crippen molar-refractivity contribution >= 4 is 17.2 Å². The number of ether oxygens (including phenoxy) is 1. The topological polar surface area (TPSA) is 99.2 Å². The molecule has 152 valence electrons. The van der Waals surface area contributed by atoms with Gasteiger partial charge in [-0.15, -0.1) is 11.3 Å². The number of thiazole rings is 1. The van der Waals surface area contributed by atoms with Gasteiger partial charge in [-0.2, -0.15) is 10.1 Å². The SMILES string of the molecule is CN(CCc1noc(-c2nn(CC3CC3)c3c2COCC3)n1)C(=O)c1cscn1. The lowest BCUT2D eigenvalue weighted by molar-refractivity contribution is 0.0791. The van der Waals surface area contributed by atoms with Gasteiger partial charge in [0.2, 0.25) is 0 Å². The molecule has 0 radical (unpaired) electrons. The average molecular weight is 414 g/mol. The molecular weight excluding hydrogens is 392 g/mol. The lowest BCUT2D eigenvalue weighted by atomic mass is 10.1. The maximum absolute atomic E-state index is 12.3. The van der Waals surface area contributed by atoms with Gasteiger partial charge in [0, 0.05) is 49.6 Å². The molecule has 0 N–H and O–H groups in total. The minimum atomic E-state index is -0.111. The minimum Gasteiger partial charge on any atom is -0.376 e. The first-order valence-electron chi connectivity index (χ1n) is 9.82. The Balaban J connectivity index is 1.30. The summed E-state index contributed by atoms with van der Waals surface area (Å²) in [7, 11) is 1.75. The van der Waals surface area contributed by atoms with E-state index in [-0.39, 0.29) is 5.91 Å². The molecule has 3 aromatic rings. The van der Waals surface area contributed by atoms with Crippen LogP contribution in [0, 0.1) is 5.92 Å². The Morgan fingerprint density at radius 3 is 3.10 bits per heavy atom. The highest BCUT2D eigenvalue weighted by molar-refractivity contribution is 7.07. The maximum atomic E-state index is 12.3. The van der Waals surface area contributed by atoms with Gasteiger partial charge in [-0.25, -0.2) is 4.98 Å². The summed E-state index contributed by atoms with van der Waals surface area (Å²) in [6.07, 6.45) is 3.91. The number of amides is 1. The monoisotopic (exact) mass is 414 g/mol. The molecule has 0 saturated heterocycles. The van der Waals surface area contributed by atoms with E-state index in [9.17, 15) is 4.79 Å². The van der Waals surface area contributed by atoms with E-state index in [0.717, 1.165) is 36.7 Å². The summed E-state index contributed by atoms with van der Waals surface area (Å²) in [6.45, 7) is 2.68. The number of hydrogen-bond acceptors (Lipinski definition) is 8. The third-order valence-electron chi connectivity index (χ3n) is 5.36. The minimum absolute atomic E-state index is 0.111. The zero-order valence-corrected chi connectivity index (χ0v) is 17.0. The predicted octanol–water partition coefficient (Wildman–Crippen LogP) is 2.19. The highest BCUT2D eigenvalue weighted by Crippen LogP contribution is 2.34. The summed E-state index contributed by atoms with van der Waals surface area (Å²) in [5.41, 5.74) is 5.12. The van der Waals surface area contributed by atoms with Gasteiger partial charge < -0.3 is 14.2 Å². The summed E-state index contributed by atoms with van der Waals surface area (Å²) in [6, 6.07) is 0. The number of fused-ring (bicyclic) bond motifs is 1. The van der Waals surface area contributed by atoms with E-state index >= 15 is 0 Å². The molecule has 4 heterocycles. The van der Waals surface area contributed by atoms with E-state index < -0.39 is 0 Å². The number of aromatic nitrogens is 5. The van der Waals surface area contributed by atoms with Gasteiger partial charge in [0.05, 0.1) is 18.7 Å². The van der Waals surface area contributed by atoms with Crippen LogP contribution in [0.4, 0.5) is 0 Å². The van der Waals surface area contributed by atoms with Gasteiger partial charge in [-0.05, 0) is 18.8 Å². The summed E-state index contributed by atoms with van der Waals surface area (Å²) in [5.74, 6) is 1.60. The van der Waals surface area contributed by atoms with Crippen molar-refractivity contribution in [2.45, 2.75) is 38.8 Å².